The molecule has 0 saturated heterocycles. The van der Waals surface area contributed by atoms with Gasteiger partial charge in [0, 0.05) is 5.69 Å². The Morgan fingerprint density at radius 3 is 2.23 bits per heavy atom. The van der Waals surface area contributed by atoms with Crippen molar-refractivity contribution in [1.82, 2.24) is 5.32 Å². The molecule has 0 aliphatic heterocycles. The molecule has 2 N–H and O–H groups in total. The molecule has 0 aromatic heterocycles. The molecule has 0 saturated carbocycles. The smallest absolute Gasteiger partial charge is 0.408 e. The lowest BCUT2D eigenvalue weighted by Crippen LogP contribution is -2.51. The molecule has 1 atom stereocenters. The Kier molecular flexibility index (Phi) is 5.97. The zero-order valence-corrected chi connectivity index (χ0v) is 14.2. The molecule has 1 unspecified atom stereocenters. The fraction of sp³-hybridized carbons (Fsp3) is 0.529. The van der Waals surface area contributed by atoms with Crippen molar-refractivity contribution in [1.29, 1.82) is 0 Å². The lowest BCUT2D eigenvalue weighted by molar-refractivity contribution is -0.120. The lowest BCUT2D eigenvalue weighted by atomic mass is 9.86. The van der Waals surface area contributed by atoms with Gasteiger partial charge in [0.25, 0.3) is 0 Å². The number of alkyl carbamates (subject to hydrolysis) is 1. The zero-order chi connectivity index (χ0) is 16.9. The maximum absolute atomic E-state index is 12.6. The molecule has 1 rings (SSSR count). The van der Waals surface area contributed by atoms with E-state index >= 15 is 0 Å². The summed E-state index contributed by atoms with van der Waals surface area (Å²) in [5.41, 5.74) is 1.26. The molecule has 22 heavy (non-hydrogen) atoms. The third-order valence-corrected chi connectivity index (χ3v) is 3.14. The summed E-state index contributed by atoms with van der Waals surface area (Å²) in [7, 11) is 0. The number of rotatable bonds is 4. The number of aryl methyl sites for hydroxylation is 1. The summed E-state index contributed by atoms with van der Waals surface area (Å²) in [5, 5.41) is 5.52. The van der Waals surface area contributed by atoms with Gasteiger partial charge in [0.1, 0.15) is 6.04 Å². The van der Waals surface area contributed by atoms with Gasteiger partial charge >= 0.3 is 6.09 Å². The van der Waals surface area contributed by atoms with Crippen LogP contribution >= 0.6 is 0 Å². The van der Waals surface area contributed by atoms with Crippen molar-refractivity contribution in [3.63, 3.8) is 0 Å². The minimum Gasteiger partial charge on any atom is -0.447 e. The van der Waals surface area contributed by atoms with Crippen molar-refractivity contribution >= 4 is 17.7 Å². The predicted molar refractivity (Wildman–Crippen MR) is 87.8 cm³/mol. The Morgan fingerprint density at radius 2 is 1.73 bits per heavy atom. The van der Waals surface area contributed by atoms with Crippen LogP contribution in [0.15, 0.2) is 24.3 Å². The van der Waals surface area contributed by atoms with Crippen LogP contribution in [0.2, 0.25) is 0 Å². The SMILES string of the molecule is Cc1ccccc1NC(=O)C(NC(=O)OC(C)C)C(C)(C)C. The maximum atomic E-state index is 12.6. The van der Waals surface area contributed by atoms with Gasteiger partial charge < -0.3 is 15.4 Å². The van der Waals surface area contributed by atoms with Crippen LogP contribution in [0.3, 0.4) is 0 Å². The van der Waals surface area contributed by atoms with Gasteiger partial charge in [-0.3, -0.25) is 4.79 Å². The van der Waals surface area contributed by atoms with E-state index in [-0.39, 0.29) is 12.0 Å². The van der Waals surface area contributed by atoms with Crippen molar-refractivity contribution < 1.29 is 14.3 Å². The summed E-state index contributed by atoms with van der Waals surface area (Å²) in [6.07, 6.45) is -0.824. The second kappa shape index (κ2) is 7.29. The Hall–Kier alpha value is -2.04. The fourth-order valence-electron chi connectivity index (χ4n) is 1.96. The van der Waals surface area contributed by atoms with Gasteiger partial charge in [-0.25, -0.2) is 4.79 Å². The van der Waals surface area contributed by atoms with Crippen LogP contribution in [-0.4, -0.2) is 24.1 Å². The van der Waals surface area contributed by atoms with Crippen LogP contribution in [-0.2, 0) is 9.53 Å². The molecule has 0 radical (unpaired) electrons. The van der Waals surface area contributed by atoms with Crippen LogP contribution in [0.4, 0.5) is 10.5 Å². The van der Waals surface area contributed by atoms with Crippen LogP contribution in [0.1, 0.15) is 40.2 Å². The van der Waals surface area contributed by atoms with Crippen LogP contribution in [0.5, 0.6) is 0 Å². The van der Waals surface area contributed by atoms with E-state index in [0.717, 1.165) is 11.3 Å². The number of nitrogens with one attached hydrogen (secondary N) is 2. The van der Waals surface area contributed by atoms with Gasteiger partial charge in [-0.1, -0.05) is 39.0 Å². The standard InChI is InChI=1S/C17H26N2O3/c1-11(2)22-16(21)19-14(17(4,5)6)15(20)18-13-10-8-7-9-12(13)3/h7-11,14H,1-6H3,(H,18,20)(H,19,21). The number of para-hydroxylation sites is 1. The summed E-state index contributed by atoms with van der Waals surface area (Å²) >= 11 is 0. The van der Waals surface area contributed by atoms with E-state index < -0.39 is 17.6 Å². The highest BCUT2D eigenvalue weighted by molar-refractivity contribution is 5.97. The third-order valence-electron chi connectivity index (χ3n) is 3.14. The number of amides is 2. The van der Waals surface area contributed by atoms with Crippen LogP contribution in [0.25, 0.3) is 0 Å². The first kappa shape index (κ1) is 18.0. The van der Waals surface area contributed by atoms with Crippen LogP contribution < -0.4 is 10.6 Å². The number of carbonyl (C=O) groups excluding carboxylic acids is 2. The molecule has 2 amide bonds. The largest absolute Gasteiger partial charge is 0.447 e. The average molecular weight is 306 g/mol. The summed E-state index contributed by atoms with van der Waals surface area (Å²) in [6.45, 7) is 11.1. The highest BCUT2D eigenvalue weighted by Gasteiger charge is 2.33. The molecule has 5 heteroatoms. The van der Waals surface area contributed by atoms with Gasteiger partial charge in [0.15, 0.2) is 0 Å². The Labute approximate surface area is 132 Å². The van der Waals surface area contributed by atoms with Crippen LogP contribution in [0, 0.1) is 12.3 Å². The van der Waals surface area contributed by atoms with Crippen molar-refractivity contribution in [3.05, 3.63) is 29.8 Å². The first-order chi connectivity index (χ1) is 10.1. The topological polar surface area (TPSA) is 67.4 Å². The molecule has 1 aromatic carbocycles. The monoisotopic (exact) mass is 306 g/mol. The molecule has 5 nitrogen and oxygen atoms in total. The normalized spacial score (nSPS) is 12.7. The van der Waals surface area contributed by atoms with Crippen molar-refractivity contribution in [3.8, 4) is 0 Å². The van der Waals surface area contributed by atoms with Crippen molar-refractivity contribution in [2.45, 2.75) is 53.7 Å². The Bertz CT molecular complexity index is 533. The van der Waals surface area contributed by atoms with E-state index in [0.29, 0.717) is 0 Å². The number of carbonyl (C=O) groups is 2. The quantitative estimate of drug-likeness (QED) is 0.895. The molecular formula is C17H26N2O3. The molecular weight excluding hydrogens is 280 g/mol. The predicted octanol–water partition coefficient (Wildman–Crippen LogP) is 3.48. The van der Waals surface area contributed by atoms with E-state index in [4.69, 9.17) is 4.74 Å². The maximum Gasteiger partial charge on any atom is 0.408 e. The fourth-order valence-corrected chi connectivity index (χ4v) is 1.96. The second-order valence-electron chi connectivity index (χ2n) is 6.70. The minimum absolute atomic E-state index is 0.236. The van der Waals surface area contributed by atoms with E-state index in [9.17, 15) is 9.59 Å². The Morgan fingerprint density at radius 1 is 1.14 bits per heavy atom. The summed E-state index contributed by atoms with van der Waals surface area (Å²) in [6, 6.07) is 6.82. The molecule has 0 spiro atoms. The van der Waals surface area contributed by atoms with E-state index in [1.807, 2.05) is 52.0 Å². The number of hydrogen-bond acceptors (Lipinski definition) is 3. The summed E-state index contributed by atoms with van der Waals surface area (Å²) in [4.78, 5) is 24.4. The zero-order valence-electron chi connectivity index (χ0n) is 14.2. The van der Waals surface area contributed by atoms with Gasteiger partial charge in [-0.2, -0.15) is 0 Å². The number of anilines is 1. The average Bonchev–Trinajstić information content (AvgIpc) is 2.36. The Balaban J connectivity index is 2.86. The summed E-state index contributed by atoms with van der Waals surface area (Å²) < 4.78 is 5.07. The van der Waals surface area contributed by atoms with E-state index in [1.165, 1.54) is 0 Å². The molecule has 0 bridgehead atoms. The van der Waals surface area contributed by atoms with Gasteiger partial charge in [-0.15, -0.1) is 0 Å². The third kappa shape index (κ3) is 5.39. The summed E-state index contributed by atoms with van der Waals surface area (Å²) in [5.74, 6) is -0.262. The van der Waals surface area contributed by atoms with Gasteiger partial charge in [0.05, 0.1) is 6.10 Å². The highest BCUT2D eigenvalue weighted by Crippen LogP contribution is 2.22. The van der Waals surface area contributed by atoms with Gasteiger partial charge in [-0.05, 0) is 37.8 Å². The molecule has 0 aliphatic rings. The first-order valence-electron chi connectivity index (χ1n) is 7.45. The van der Waals surface area contributed by atoms with E-state index in [1.54, 1.807) is 13.8 Å². The number of benzene rings is 1. The number of hydrogen-bond donors (Lipinski definition) is 2. The minimum atomic E-state index is -0.696. The van der Waals surface area contributed by atoms with Crippen molar-refractivity contribution in [2.24, 2.45) is 5.41 Å². The molecule has 1 aromatic rings. The van der Waals surface area contributed by atoms with Gasteiger partial charge in [0.2, 0.25) is 5.91 Å². The lowest BCUT2D eigenvalue weighted by Gasteiger charge is -2.30. The second-order valence-corrected chi connectivity index (χ2v) is 6.70. The molecule has 122 valence electrons. The van der Waals surface area contributed by atoms with Crippen molar-refractivity contribution in [2.75, 3.05) is 5.32 Å². The molecule has 0 heterocycles. The van der Waals surface area contributed by atoms with E-state index in [2.05, 4.69) is 10.6 Å². The highest BCUT2D eigenvalue weighted by atomic mass is 16.6. The molecule has 0 aliphatic carbocycles. The molecule has 0 fully saturated rings. The first-order valence-corrected chi connectivity index (χ1v) is 7.45. The number of ether oxygens (including phenoxy) is 1.